The van der Waals surface area contributed by atoms with Gasteiger partial charge in [0.25, 0.3) is 0 Å². The van der Waals surface area contributed by atoms with Gasteiger partial charge >= 0.3 is 5.97 Å². The molecule has 102 valence electrons. The van der Waals surface area contributed by atoms with Gasteiger partial charge in [0.1, 0.15) is 5.75 Å². The van der Waals surface area contributed by atoms with E-state index in [1.807, 2.05) is 24.4 Å². The molecule has 3 heteroatoms. The number of likely N-dealkylation sites (tertiary alicyclic amines) is 1. The van der Waals surface area contributed by atoms with Gasteiger partial charge in [-0.3, -0.25) is 0 Å². The van der Waals surface area contributed by atoms with Crippen molar-refractivity contribution in [1.29, 1.82) is 0 Å². The monoisotopic (exact) mass is 259 g/mol. The van der Waals surface area contributed by atoms with Crippen molar-refractivity contribution in [2.45, 2.75) is 32.1 Å². The van der Waals surface area contributed by atoms with Crippen molar-refractivity contribution in [3.8, 4) is 5.75 Å². The molecule has 1 heterocycles. The summed E-state index contributed by atoms with van der Waals surface area (Å²) in [5.74, 6) is 0.276. The Hall–Kier alpha value is -1.77. The number of nitrogens with zero attached hydrogens (tertiary/aromatic N) is 1. The lowest BCUT2D eigenvalue weighted by molar-refractivity contribution is -0.129. The van der Waals surface area contributed by atoms with Crippen LogP contribution in [0.3, 0.4) is 0 Å². The molecule has 0 amide bonds. The molecular weight excluding hydrogens is 238 g/mol. The maximum absolute atomic E-state index is 11.7. The molecule has 0 spiro atoms. The van der Waals surface area contributed by atoms with E-state index in [0.717, 1.165) is 13.1 Å². The minimum Gasteiger partial charge on any atom is -0.423 e. The Morgan fingerprint density at radius 1 is 1.00 bits per heavy atom. The molecular formula is C16H21NO2. The zero-order chi connectivity index (χ0) is 13.3. The minimum absolute atomic E-state index is 0.312. The van der Waals surface area contributed by atoms with Crippen molar-refractivity contribution in [3.63, 3.8) is 0 Å². The van der Waals surface area contributed by atoms with Gasteiger partial charge in [0, 0.05) is 25.4 Å². The van der Waals surface area contributed by atoms with Crippen LogP contribution in [0.2, 0.25) is 0 Å². The Labute approximate surface area is 114 Å². The zero-order valence-electron chi connectivity index (χ0n) is 11.3. The number of esters is 1. The summed E-state index contributed by atoms with van der Waals surface area (Å²) >= 11 is 0. The van der Waals surface area contributed by atoms with Gasteiger partial charge in [-0.1, -0.05) is 37.5 Å². The lowest BCUT2D eigenvalue weighted by Crippen LogP contribution is -2.22. The summed E-state index contributed by atoms with van der Waals surface area (Å²) in [6.45, 7) is 2.07. The normalized spacial score (nSPS) is 16.9. The molecule has 1 aromatic carbocycles. The van der Waals surface area contributed by atoms with Crippen LogP contribution in [0.4, 0.5) is 0 Å². The SMILES string of the molecule is O=C(/C=C/N1CCCCCCC1)Oc1ccccc1. The highest BCUT2D eigenvalue weighted by atomic mass is 16.5. The molecule has 1 fully saturated rings. The van der Waals surface area contributed by atoms with E-state index < -0.39 is 0 Å². The summed E-state index contributed by atoms with van der Waals surface area (Å²) in [5.41, 5.74) is 0. The standard InChI is InChI=1S/C16H21NO2/c18-16(19-15-9-5-4-6-10-15)11-14-17-12-7-2-1-3-8-13-17/h4-6,9-11,14H,1-3,7-8,12-13H2/b14-11+. The van der Waals surface area contributed by atoms with Gasteiger partial charge in [-0.2, -0.15) is 0 Å². The van der Waals surface area contributed by atoms with Crippen LogP contribution in [0.1, 0.15) is 32.1 Å². The molecule has 3 nitrogen and oxygen atoms in total. The van der Waals surface area contributed by atoms with Gasteiger partial charge < -0.3 is 9.64 Å². The lowest BCUT2D eigenvalue weighted by Gasteiger charge is -2.22. The quantitative estimate of drug-likeness (QED) is 0.473. The lowest BCUT2D eigenvalue weighted by atomic mass is 10.1. The van der Waals surface area contributed by atoms with E-state index in [-0.39, 0.29) is 5.97 Å². The van der Waals surface area contributed by atoms with E-state index in [2.05, 4.69) is 4.90 Å². The van der Waals surface area contributed by atoms with Gasteiger partial charge in [-0.25, -0.2) is 4.79 Å². The van der Waals surface area contributed by atoms with Crippen molar-refractivity contribution in [2.75, 3.05) is 13.1 Å². The highest BCUT2D eigenvalue weighted by molar-refractivity contribution is 5.83. The third kappa shape index (κ3) is 5.16. The second kappa shape index (κ2) is 7.62. The van der Waals surface area contributed by atoms with E-state index in [1.165, 1.54) is 38.2 Å². The second-order valence-electron chi connectivity index (χ2n) is 4.85. The van der Waals surface area contributed by atoms with E-state index in [0.29, 0.717) is 5.75 Å². The molecule has 0 radical (unpaired) electrons. The average molecular weight is 259 g/mol. The van der Waals surface area contributed by atoms with Crippen LogP contribution in [-0.4, -0.2) is 24.0 Å². The van der Waals surface area contributed by atoms with Crippen LogP contribution in [0.25, 0.3) is 0 Å². The highest BCUT2D eigenvalue weighted by Gasteiger charge is 2.05. The van der Waals surface area contributed by atoms with Crippen molar-refractivity contribution in [1.82, 2.24) is 4.90 Å². The molecule has 19 heavy (non-hydrogen) atoms. The third-order valence-electron chi connectivity index (χ3n) is 3.27. The minimum atomic E-state index is -0.312. The number of carbonyl (C=O) groups excluding carboxylic acids is 1. The summed E-state index contributed by atoms with van der Waals surface area (Å²) in [5, 5.41) is 0. The molecule has 0 bridgehead atoms. The fourth-order valence-corrected chi connectivity index (χ4v) is 2.23. The Bertz CT molecular complexity index is 406. The first-order valence-electron chi connectivity index (χ1n) is 7.04. The molecule has 0 aromatic heterocycles. The van der Waals surface area contributed by atoms with Crippen molar-refractivity contribution < 1.29 is 9.53 Å². The zero-order valence-corrected chi connectivity index (χ0v) is 11.3. The van der Waals surface area contributed by atoms with Crippen molar-refractivity contribution in [2.24, 2.45) is 0 Å². The summed E-state index contributed by atoms with van der Waals surface area (Å²) < 4.78 is 5.21. The molecule has 1 aliphatic heterocycles. The fourth-order valence-electron chi connectivity index (χ4n) is 2.23. The van der Waals surface area contributed by atoms with E-state index in [1.54, 1.807) is 12.1 Å². The van der Waals surface area contributed by atoms with Crippen LogP contribution >= 0.6 is 0 Å². The average Bonchev–Trinajstić information content (AvgIpc) is 2.38. The van der Waals surface area contributed by atoms with Crippen LogP contribution < -0.4 is 4.74 Å². The van der Waals surface area contributed by atoms with Gasteiger partial charge in [0.05, 0.1) is 0 Å². The van der Waals surface area contributed by atoms with E-state index in [4.69, 9.17) is 4.74 Å². The summed E-state index contributed by atoms with van der Waals surface area (Å²) in [6.07, 6.45) is 9.73. The number of ether oxygens (including phenoxy) is 1. The molecule has 1 aliphatic rings. The number of para-hydroxylation sites is 1. The van der Waals surface area contributed by atoms with Crippen LogP contribution in [-0.2, 0) is 4.79 Å². The highest BCUT2D eigenvalue weighted by Crippen LogP contribution is 2.11. The predicted octanol–water partition coefficient (Wildman–Crippen LogP) is 3.37. The third-order valence-corrected chi connectivity index (χ3v) is 3.27. The van der Waals surface area contributed by atoms with E-state index >= 15 is 0 Å². The summed E-state index contributed by atoms with van der Waals surface area (Å²) in [6, 6.07) is 9.16. The largest absolute Gasteiger partial charge is 0.423 e. The predicted molar refractivity (Wildman–Crippen MR) is 75.9 cm³/mol. The Balaban J connectivity index is 1.81. The Kier molecular flexibility index (Phi) is 5.48. The molecule has 0 N–H and O–H groups in total. The molecule has 0 unspecified atom stereocenters. The number of benzene rings is 1. The van der Waals surface area contributed by atoms with Gasteiger partial charge in [0.2, 0.25) is 0 Å². The van der Waals surface area contributed by atoms with E-state index in [9.17, 15) is 4.79 Å². The van der Waals surface area contributed by atoms with Crippen LogP contribution in [0.15, 0.2) is 42.6 Å². The number of hydrogen-bond acceptors (Lipinski definition) is 3. The first kappa shape index (κ1) is 13.7. The van der Waals surface area contributed by atoms with Gasteiger partial charge in [0.15, 0.2) is 0 Å². The Morgan fingerprint density at radius 2 is 1.63 bits per heavy atom. The number of rotatable bonds is 3. The number of carbonyl (C=O) groups is 1. The molecule has 0 atom stereocenters. The molecule has 0 aliphatic carbocycles. The van der Waals surface area contributed by atoms with Crippen molar-refractivity contribution >= 4 is 5.97 Å². The topological polar surface area (TPSA) is 29.5 Å². The van der Waals surface area contributed by atoms with Crippen LogP contribution in [0.5, 0.6) is 5.75 Å². The van der Waals surface area contributed by atoms with Gasteiger partial charge in [-0.15, -0.1) is 0 Å². The maximum atomic E-state index is 11.7. The van der Waals surface area contributed by atoms with Crippen molar-refractivity contribution in [3.05, 3.63) is 42.6 Å². The molecule has 1 aromatic rings. The first-order valence-corrected chi connectivity index (χ1v) is 7.04. The van der Waals surface area contributed by atoms with Crippen LogP contribution in [0, 0.1) is 0 Å². The maximum Gasteiger partial charge on any atom is 0.337 e. The smallest absolute Gasteiger partial charge is 0.337 e. The summed E-state index contributed by atoms with van der Waals surface area (Å²) in [4.78, 5) is 13.9. The fraction of sp³-hybridized carbons (Fsp3) is 0.438. The van der Waals surface area contributed by atoms with Gasteiger partial charge in [-0.05, 0) is 25.0 Å². The molecule has 2 rings (SSSR count). The first-order chi connectivity index (χ1) is 9.34. The Morgan fingerprint density at radius 3 is 2.32 bits per heavy atom. The summed E-state index contributed by atoms with van der Waals surface area (Å²) in [7, 11) is 0. The number of hydrogen-bond donors (Lipinski definition) is 0. The molecule has 0 saturated carbocycles. The molecule has 1 saturated heterocycles. The second-order valence-corrected chi connectivity index (χ2v) is 4.85.